The van der Waals surface area contributed by atoms with E-state index in [1.807, 2.05) is 19.1 Å². The Hall–Kier alpha value is -1.86. The van der Waals surface area contributed by atoms with Crippen LogP contribution in [0.3, 0.4) is 0 Å². The van der Waals surface area contributed by atoms with Crippen LogP contribution in [0.25, 0.3) is 0 Å². The summed E-state index contributed by atoms with van der Waals surface area (Å²) < 4.78 is 36.9. The summed E-state index contributed by atoms with van der Waals surface area (Å²) in [4.78, 5) is 4.42. The van der Waals surface area contributed by atoms with Gasteiger partial charge < -0.3 is 9.15 Å². The van der Waals surface area contributed by atoms with Gasteiger partial charge in [0.05, 0.1) is 6.26 Å². The number of pyridine rings is 1. The van der Waals surface area contributed by atoms with Crippen LogP contribution >= 0.6 is 0 Å². The number of piperidine rings is 1. The van der Waals surface area contributed by atoms with Crippen molar-refractivity contribution in [3.05, 3.63) is 42.5 Å². The lowest BCUT2D eigenvalue weighted by Gasteiger charge is -2.30. The molecule has 0 saturated carbocycles. The second-order valence-corrected chi connectivity index (χ2v) is 7.29. The van der Waals surface area contributed by atoms with Crippen molar-refractivity contribution in [1.29, 1.82) is 0 Å². The lowest BCUT2D eigenvalue weighted by Crippen LogP contribution is -2.41. The van der Waals surface area contributed by atoms with E-state index in [0.29, 0.717) is 31.8 Å². The zero-order valence-electron chi connectivity index (χ0n) is 12.3. The van der Waals surface area contributed by atoms with Crippen molar-refractivity contribution in [3.63, 3.8) is 0 Å². The number of furan rings is 1. The van der Waals surface area contributed by atoms with Crippen LogP contribution in [0.1, 0.15) is 18.4 Å². The summed E-state index contributed by atoms with van der Waals surface area (Å²) in [5.41, 5.74) is 1.08. The second kappa shape index (κ2) is 6.10. The first kappa shape index (κ1) is 15.1. The van der Waals surface area contributed by atoms with Crippen molar-refractivity contribution < 1.29 is 17.6 Å². The van der Waals surface area contributed by atoms with E-state index in [9.17, 15) is 8.42 Å². The van der Waals surface area contributed by atoms with Gasteiger partial charge in [-0.2, -0.15) is 4.31 Å². The Balaban J connectivity index is 1.60. The fourth-order valence-electron chi connectivity index (χ4n) is 2.43. The van der Waals surface area contributed by atoms with Crippen LogP contribution in [0.4, 0.5) is 0 Å². The monoisotopic (exact) mass is 322 g/mol. The molecule has 6 nitrogen and oxygen atoms in total. The molecule has 0 unspecified atom stereocenters. The maximum Gasteiger partial charge on any atom is 0.246 e. The van der Waals surface area contributed by atoms with Gasteiger partial charge in [-0.15, -0.1) is 0 Å². The van der Waals surface area contributed by atoms with E-state index in [-0.39, 0.29) is 11.0 Å². The molecule has 7 heteroatoms. The fraction of sp³-hybridized carbons (Fsp3) is 0.400. The summed E-state index contributed by atoms with van der Waals surface area (Å²) in [5, 5.41) is 0. The summed E-state index contributed by atoms with van der Waals surface area (Å²) in [5.74, 6) is 0.585. The molecule has 1 fully saturated rings. The molecule has 22 heavy (non-hydrogen) atoms. The van der Waals surface area contributed by atoms with Gasteiger partial charge in [-0.05, 0) is 31.4 Å². The Morgan fingerprint density at radius 1 is 1.27 bits per heavy atom. The predicted molar refractivity (Wildman–Crippen MR) is 80.1 cm³/mol. The molecule has 1 aliphatic heterocycles. The van der Waals surface area contributed by atoms with Gasteiger partial charge >= 0.3 is 0 Å². The predicted octanol–water partition coefficient (Wildman–Crippen LogP) is 2.22. The highest BCUT2D eigenvalue weighted by Gasteiger charge is 2.30. The van der Waals surface area contributed by atoms with Gasteiger partial charge in [0.1, 0.15) is 17.3 Å². The quantitative estimate of drug-likeness (QED) is 0.863. The first-order chi connectivity index (χ1) is 10.6. The highest BCUT2D eigenvalue weighted by Crippen LogP contribution is 2.23. The maximum atomic E-state index is 12.4. The minimum absolute atomic E-state index is 0.00833. The molecule has 2 aromatic rings. The van der Waals surface area contributed by atoms with E-state index in [2.05, 4.69) is 4.98 Å². The molecule has 1 aliphatic rings. The lowest BCUT2D eigenvalue weighted by atomic mass is 10.1. The zero-order valence-corrected chi connectivity index (χ0v) is 13.1. The Morgan fingerprint density at radius 3 is 2.64 bits per heavy atom. The number of hydrogen-bond acceptors (Lipinski definition) is 5. The first-order valence-electron chi connectivity index (χ1n) is 7.17. The van der Waals surface area contributed by atoms with Crippen molar-refractivity contribution >= 4 is 10.0 Å². The molecule has 1 saturated heterocycles. The summed E-state index contributed by atoms with van der Waals surface area (Å²) >= 11 is 0. The highest BCUT2D eigenvalue weighted by molar-refractivity contribution is 7.89. The average Bonchev–Trinajstić information content (AvgIpc) is 3.05. The molecule has 3 rings (SSSR count). The molecule has 0 aliphatic carbocycles. The number of rotatable bonds is 4. The zero-order chi connectivity index (χ0) is 15.6. The van der Waals surface area contributed by atoms with Crippen molar-refractivity contribution in [2.75, 3.05) is 13.1 Å². The van der Waals surface area contributed by atoms with Gasteiger partial charge in [0.25, 0.3) is 0 Å². The number of sulfonamides is 1. The summed E-state index contributed by atoms with van der Waals surface area (Å²) in [6, 6.07) is 5.25. The van der Waals surface area contributed by atoms with Crippen LogP contribution in [0.5, 0.6) is 5.88 Å². The third kappa shape index (κ3) is 3.15. The fourth-order valence-corrected chi connectivity index (χ4v) is 3.83. The van der Waals surface area contributed by atoms with Gasteiger partial charge in [0, 0.05) is 25.4 Å². The third-order valence-electron chi connectivity index (χ3n) is 3.71. The van der Waals surface area contributed by atoms with E-state index in [1.165, 1.54) is 22.9 Å². The summed E-state index contributed by atoms with van der Waals surface area (Å²) in [7, 11) is -3.45. The molecule has 3 heterocycles. The van der Waals surface area contributed by atoms with E-state index < -0.39 is 10.0 Å². The van der Waals surface area contributed by atoms with Crippen LogP contribution in [0.2, 0.25) is 0 Å². The molecule has 0 aromatic carbocycles. The van der Waals surface area contributed by atoms with Crippen LogP contribution in [0, 0.1) is 6.92 Å². The molecule has 0 atom stereocenters. The second-order valence-electron chi connectivity index (χ2n) is 5.35. The summed E-state index contributed by atoms with van der Waals surface area (Å²) in [6.45, 7) is 2.84. The minimum Gasteiger partial charge on any atom is -0.474 e. The van der Waals surface area contributed by atoms with E-state index in [4.69, 9.17) is 9.15 Å². The van der Waals surface area contributed by atoms with Gasteiger partial charge in [0.15, 0.2) is 0 Å². The number of ether oxygens (including phenoxy) is 1. The molecular weight excluding hydrogens is 304 g/mol. The number of hydrogen-bond donors (Lipinski definition) is 0. The molecule has 118 valence electrons. The molecule has 2 aromatic heterocycles. The third-order valence-corrected chi connectivity index (χ3v) is 5.58. The lowest BCUT2D eigenvalue weighted by molar-refractivity contribution is 0.130. The van der Waals surface area contributed by atoms with Crippen molar-refractivity contribution in [2.45, 2.75) is 30.8 Å². The Morgan fingerprint density at radius 2 is 2.05 bits per heavy atom. The standard InChI is InChI=1S/C15H18N2O4S/c1-12-2-3-15(16-10-12)21-13-4-7-17(8-5-13)22(18,19)14-6-9-20-11-14/h2-3,6,9-11,13H,4-5,7-8H2,1H3. The number of aromatic nitrogens is 1. The first-order valence-corrected chi connectivity index (χ1v) is 8.61. The Labute approximate surface area is 129 Å². The molecule has 0 bridgehead atoms. The Bertz CT molecular complexity index is 703. The minimum atomic E-state index is -3.45. The van der Waals surface area contributed by atoms with Crippen LogP contribution < -0.4 is 4.74 Å². The SMILES string of the molecule is Cc1ccc(OC2CCN(S(=O)(=O)c3ccoc3)CC2)nc1. The highest BCUT2D eigenvalue weighted by atomic mass is 32.2. The number of aryl methyl sites for hydroxylation is 1. The molecule has 0 N–H and O–H groups in total. The van der Waals surface area contributed by atoms with Crippen molar-refractivity contribution in [2.24, 2.45) is 0 Å². The smallest absolute Gasteiger partial charge is 0.246 e. The molecule has 0 spiro atoms. The average molecular weight is 322 g/mol. The van der Waals surface area contributed by atoms with E-state index >= 15 is 0 Å². The molecule has 0 amide bonds. The topological polar surface area (TPSA) is 72.6 Å². The van der Waals surface area contributed by atoms with Crippen molar-refractivity contribution in [3.8, 4) is 5.88 Å². The molecule has 0 radical (unpaired) electrons. The number of nitrogens with zero attached hydrogens (tertiary/aromatic N) is 2. The van der Waals surface area contributed by atoms with Gasteiger partial charge in [-0.1, -0.05) is 6.07 Å². The molecular formula is C15H18N2O4S. The largest absolute Gasteiger partial charge is 0.474 e. The summed E-state index contributed by atoms with van der Waals surface area (Å²) in [6.07, 6.45) is 5.67. The maximum absolute atomic E-state index is 12.4. The van der Waals surface area contributed by atoms with Crippen LogP contribution in [-0.2, 0) is 10.0 Å². The van der Waals surface area contributed by atoms with Crippen LogP contribution in [-0.4, -0.2) is 36.9 Å². The van der Waals surface area contributed by atoms with Gasteiger partial charge in [0.2, 0.25) is 15.9 Å². The van der Waals surface area contributed by atoms with Gasteiger partial charge in [-0.25, -0.2) is 13.4 Å². The van der Waals surface area contributed by atoms with Gasteiger partial charge in [-0.3, -0.25) is 0 Å². The van der Waals surface area contributed by atoms with E-state index in [0.717, 1.165) is 5.56 Å². The van der Waals surface area contributed by atoms with Crippen molar-refractivity contribution in [1.82, 2.24) is 9.29 Å². The normalized spacial score (nSPS) is 17.5. The Kier molecular flexibility index (Phi) is 4.17. The van der Waals surface area contributed by atoms with Crippen LogP contribution in [0.15, 0.2) is 46.2 Å². The van der Waals surface area contributed by atoms with E-state index in [1.54, 1.807) is 6.20 Å².